The van der Waals surface area contributed by atoms with Crippen LogP contribution < -0.4 is 10.1 Å². The van der Waals surface area contributed by atoms with Crippen LogP contribution in [0.25, 0.3) is 28.2 Å². The molecule has 5 aromatic rings. The first kappa shape index (κ1) is 23.7. The average Bonchev–Trinajstić information content (AvgIpc) is 3.33. The van der Waals surface area contributed by atoms with Crippen LogP contribution in [0.4, 0.5) is 5.69 Å². The number of carbonyl (C=O) groups is 2. The predicted molar refractivity (Wildman–Crippen MR) is 141 cm³/mol. The van der Waals surface area contributed by atoms with Gasteiger partial charge in [0.2, 0.25) is 0 Å². The summed E-state index contributed by atoms with van der Waals surface area (Å²) in [4.78, 5) is 35.2. The number of para-hydroxylation sites is 2. The molecule has 1 N–H and O–H groups in total. The number of anilines is 1. The second-order valence-electron chi connectivity index (χ2n) is 8.11. The predicted octanol–water partition coefficient (Wildman–Crippen LogP) is 5.53. The molecular weight excluding hydrogens is 468 g/mol. The summed E-state index contributed by atoms with van der Waals surface area (Å²) < 4.78 is 12.4. The van der Waals surface area contributed by atoms with E-state index in [-0.39, 0.29) is 12.5 Å². The number of rotatable bonds is 7. The normalized spacial score (nSPS) is 10.8. The minimum atomic E-state index is -0.480. The van der Waals surface area contributed by atoms with Gasteiger partial charge in [0, 0.05) is 11.8 Å². The van der Waals surface area contributed by atoms with E-state index in [1.54, 1.807) is 62.7 Å². The fourth-order valence-electron chi connectivity index (χ4n) is 4.07. The van der Waals surface area contributed by atoms with E-state index < -0.39 is 5.97 Å². The van der Waals surface area contributed by atoms with Crippen LogP contribution >= 0.6 is 0 Å². The topological polar surface area (TPSA) is 95.3 Å². The summed E-state index contributed by atoms with van der Waals surface area (Å²) >= 11 is 0. The molecule has 0 saturated heterocycles. The van der Waals surface area contributed by atoms with E-state index in [9.17, 15) is 9.59 Å². The molecule has 37 heavy (non-hydrogen) atoms. The third-order valence-electron chi connectivity index (χ3n) is 5.78. The molecule has 0 aliphatic heterocycles. The van der Waals surface area contributed by atoms with Gasteiger partial charge in [-0.15, -0.1) is 0 Å². The second-order valence-corrected chi connectivity index (χ2v) is 8.11. The van der Waals surface area contributed by atoms with Crippen molar-refractivity contribution in [3.63, 3.8) is 0 Å². The highest BCUT2D eigenvalue weighted by molar-refractivity contribution is 6.06. The van der Waals surface area contributed by atoms with Gasteiger partial charge < -0.3 is 14.8 Å². The van der Waals surface area contributed by atoms with E-state index in [4.69, 9.17) is 14.5 Å². The molecule has 0 radical (unpaired) electrons. The van der Waals surface area contributed by atoms with Crippen molar-refractivity contribution < 1.29 is 19.1 Å². The lowest BCUT2D eigenvalue weighted by Gasteiger charge is -2.16. The molecule has 0 atom stereocenters. The Bertz CT molecular complexity index is 1590. The summed E-state index contributed by atoms with van der Waals surface area (Å²) in [5.74, 6) is 0.324. The summed E-state index contributed by atoms with van der Waals surface area (Å²) in [5, 5.41) is 2.98. The van der Waals surface area contributed by atoms with Gasteiger partial charge in [0.1, 0.15) is 11.4 Å². The Labute approximate surface area is 213 Å². The number of benzene rings is 3. The Morgan fingerprint density at radius 1 is 0.919 bits per heavy atom. The number of esters is 1. The number of nitrogens with one attached hydrogen (secondary N) is 1. The molecule has 0 saturated carbocycles. The molecule has 184 valence electrons. The fraction of sp³-hybridized carbons (Fsp3) is 0.103. The number of hydrogen-bond donors (Lipinski definition) is 1. The summed E-state index contributed by atoms with van der Waals surface area (Å²) in [6.45, 7) is 1.98. The standard InChI is InChI=1S/C29H24N4O4/c1-3-37-29(35)20-14-15-26(24(18-20)32-28(34)19-9-8-10-21(17-19)36-2)33-25-13-5-4-11-22(25)31-27(33)23-12-6-7-16-30-23/h4-18H,3H2,1-2H3,(H,32,34). The monoisotopic (exact) mass is 492 g/mol. The van der Waals surface area contributed by atoms with E-state index >= 15 is 0 Å². The zero-order valence-corrected chi connectivity index (χ0v) is 20.3. The van der Waals surface area contributed by atoms with E-state index in [0.717, 1.165) is 11.0 Å². The van der Waals surface area contributed by atoms with Crippen LogP contribution in [0.15, 0.2) is 91.1 Å². The number of ether oxygens (including phenoxy) is 2. The van der Waals surface area contributed by atoms with Crippen molar-refractivity contribution in [3.8, 4) is 23.0 Å². The highest BCUT2D eigenvalue weighted by Crippen LogP contribution is 2.32. The average molecular weight is 493 g/mol. The van der Waals surface area contributed by atoms with Crippen LogP contribution in [0.5, 0.6) is 5.75 Å². The van der Waals surface area contributed by atoms with Crippen molar-refractivity contribution >= 4 is 28.6 Å². The van der Waals surface area contributed by atoms with Crippen molar-refractivity contribution in [2.45, 2.75) is 6.92 Å². The Morgan fingerprint density at radius 3 is 2.54 bits per heavy atom. The van der Waals surface area contributed by atoms with E-state index in [0.29, 0.717) is 39.8 Å². The van der Waals surface area contributed by atoms with Crippen molar-refractivity contribution in [1.29, 1.82) is 0 Å². The van der Waals surface area contributed by atoms with Gasteiger partial charge in [0.25, 0.3) is 5.91 Å². The van der Waals surface area contributed by atoms with E-state index in [1.165, 1.54) is 0 Å². The minimum Gasteiger partial charge on any atom is -0.497 e. The highest BCUT2D eigenvalue weighted by atomic mass is 16.5. The van der Waals surface area contributed by atoms with Gasteiger partial charge >= 0.3 is 5.97 Å². The van der Waals surface area contributed by atoms with Crippen LogP contribution in [-0.2, 0) is 4.74 Å². The first-order valence-corrected chi connectivity index (χ1v) is 11.7. The lowest BCUT2D eigenvalue weighted by atomic mass is 10.1. The maximum absolute atomic E-state index is 13.3. The zero-order valence-electron chi connectivity index (χ0n) is 20.3. The maximum atomic E-state index is 13.3. The molecule has 0 bridgehead atoms. The number of imidazole rings is 1. The number of hydrogen-bond acceptors (Lipinski definition) is 6. The molecule has 0 spiro atoms. The molecule has 0 unspecified atom stereocenters. The van der Waals surface area contributed by atoms with Crippen molar-refractivity contribution in [3.05, 3.63) is 102 Å². The molecule has 8 nitrogen and oxygen atoms in total. The quantitative estimate of drug-likeness (QED) is 0.300. The van der Waals surface area contributed by atoms with Gasteiger partial charge in [-0.25, -0.2) is 9.78 Å². The van der Waals surface area contributed by atoms with Crippen molar-refractivity contribution in [2.75, 3.05) is 19.0 Å². The molecule has 0 aliphatic carbocycles. The smallest absolute Gasteiger partial charge is 0.338 e. The number of carbonyl (C=O) groups excluding carboxylic acids is 2. The van der Waals surface area contributed by atoms with Crippen LogP contribution in [0, 0.1) is 0 Å². The lowest BCUT2D eigenvalue weighted by Crippen LogP contribution is -2.15. The third-order valence-corrected chi connectivity index (χ3v) is 5.78. The Hall–Kier alpha value is -4.98. The Balaban J connectivity index is 1.69. The maximum Gasteiger partial charge on any atom is 0.338 e. The van der Waals surface area contributed by atoms with Crippen LogP contribution in [0.2, 0.25) is 0 Å². The summed E-state index contributed by atoms with van der Waals surface area (Å²) in [7, 11) is 1.54. The highest BCUT2D eigenvalue weighted by Gasteiger charge is 2.20. The van der Waals surface area contributed by atoms with Crippen LogP contribution in [0.1, 0.15) is 27.6 Å². The van der Waals surface area contributed by atoms with Gasteiger partial charge in [0.05, 0.1) is 41.7 Å². The first-order chi connectivity index (χ1) is 18.1. The molecule has 1 amide bonds. The number of amides is 1. The molecule has 2 aromatic heterocycles. The van der Waals surface area contributed by atoms with Gasteiger partial charge in [0.15, 0.2) is 5.82 Å². The number of aromatic nitrogens is 3. The van der Waals surface area contributed by atoms with Crippen LogP contribution in [0.3, 0.4) is 0 Å². The summed E-state index contributed by atoms with van der Waals surface area (Å²) in [6, 6.07) is 25.2. The number of nitrogens with zero attached hydrogens (tertiary/aromatic N) is 3. The fourth-order valence-corrected chi connectivity index (χ4v) is 4.07. The Kier molecular flexibility index (Phi) is 6.63. The molecule has 5 rings (SSSR count). The van der Waals surface area contributed by atoms with E-state index in [1.807, 2.05) is 47.0 Å². The molecule has 0 fully saturated rings. The molecular formula is C29H24N4O4. The van der Waals surface area contributed by atoms with Gasteiger partial charge in [-0.2, -0.15) is 0 Å². The van der Waals surface area contributed by atoms with Gasteiger partial charge in [-0.05, 0) is 67.6 Å². The third kappa shape index (κ3) is 4.77. The molecule has 3 aromatic carbocycles. The largest absolute Gasteiger partial charge is 0.497 e. The van der Waals surface area contributed by atoms with E-state index in [2.05, 4.69) is 10.3 Å². The Morgan fingerprint density at radius 2 is 1.76 bits per heavy atom. The summed E-state index contributed by atoms with van der Waals surface area (Å²) in [5.41, 5.74) is 4.02. The van der Waals surface area contributed by atoms with Crippen molar-refractivity contribution in [1.82, 2.24) is 14.5 Å². The van der Waals surface area contributed by atoms with Gasteiger partial charge in [-0.1, -0.05) is 24.3 Å². The number of methoxy groups -OCH3 is 1. The van der Waals surface area contributed by atoms with Gasteiger partial charge in [-0.3, -0.25) is 14.3 Å². The number of fused-ring (bicyclic) bond motifs is 1. The van der Waals surface area contributed by atoms with Crippen molar-refractivity contribution in [2.24, 2.45) is 0 Å². The second kappa shape index (κ2) is 10.3. The summed E-state index contributed by atoms with van der Waals surface area (Å²) in [6.07, 6.45) is 1.70. The lowest BCUT2D eigenvalue weighted by molar-refractivity contribution is 0.0526. The molecule has 8 heteroatoms. The molecule has 0 aliphatic rings. The zero-order chi connectivity index (χ0) is 25.8. The number of pyridine rings is 1. The SMILES string of the molecule is CCOC(=O)c1ccc(-n2c(-c3ccccn3)nc3ccccc32)c(NC(=O)c2cccc(OC)c2)c1. The molecule has 2 heterocycles. The minimum absolute atomic E-state index is 0.238. The first-order valence-electron chi connectivity index (χ1n) is 11.7. The van der Waals surface area contributed by atoms with Crippen LogP contribution in [-0.4, -0.2) is 40.1 Å².